The van der Waals surface area contributed by atoms with Gasteiger partial charge in [0.2, 0.25) is 0 Å². The Morgan fingerprint density at radius 1 is 1.42 bits per heavy atom. The van der Waals surface area contributed by atoms with Gasteiger partial charge < -0.3 is 0 Å². The SMILES string of the molecule is CCCCCC1(C)CC(=C(C#N)C#N)/C(=C/I)C1=O. The molecule has 0 bridgehead atoms. The summed E-state index contributed by atoms with van der Waals surface area (Å²) in [5, 5.41) is 18.0. The van der Waals surface area contributed by atoms with Crippen LogP contribution in [0.3, 0.4) is 0 Å². The zero-order valence-electron chi connectivity index (χ0n) is 11.3. The monoisotopic (exact) mass is 368 g/mol. The number of allylic oxidation sites excluding steroid dienone is 3. The molecule has 1 fully saturated rings. The number of Topliss-reactive ketones (excluding diaryl/α,β-unsaturated/α-hetero) is 1. The van der Waals surface area contributed by atoms with Crippen molar-refractivity contribution in [3.8, 4) is 12.1 Å². The van der Waals surface area contributed by atoms with E-state index in [4.69, 9.17) is 10.5 Å². The van der Waals surface area contributed by atoms with Gasteiger partial charge in [0.15, 0.2) is 5.78 Å². The average Bonchev–Trinajstić information content (AvgIpc) is 2.64. The van der Waals surface area contributed by atoms with E-state index in [-0.39, 0.29) is 11.4 Å². The first-order valence-electron chi connectivity index (χ1n) is 6.43. The number of hydrogen-bond acceptors (Lipinski definition) is 3. The molecule has 0 aromatic heterocycles. The lowest BCUT2D eigenvalue weighted by Crippen LogP contribution is -2.22. The van der Waals surface area contributed by atoms with E-state index in [1.165, 1.54) is 0 Å². The third-order valence-electron chi connectivity index (χ3n) is 3.65. The molecule has 0 aromatic carbocycles. The Bertz CT molecular complexity index is 503. The van der Waals surface area contributed by atoms with Gasteiger partial charge in [-0.1, -0.05) is 55.7 Å². The number of nitrogens with zero attached hydrogens (tertiary/aromatic N) is 2. The minimum atomic E-state index is -0.444. The van der Waals surface area contributed by atoms with E-state index in [0.717, 1.165) is 25.7 Å². The Morgan fingerprint density at radius 2 is 2.05 bits per heavy atom. The van der Waals surface area contributed by atoms with Crippen LogP contribution >= 0.6 is 22.6 Å². The predicted molar refractivity (Wildman–Crippen MR) is 82.2 cm³/mol. The predicted octanol–water partition coefficient (Wildman–Crippen LogP) is 4.21. The number of nitriles is 2. The molecule has 1 aliphatic carbocycles. The molecule has 19 heavy (non-hydrogen) atoms. The largest absolute Gasteiger partial charge is 0.294 e. The highest BCUT2D eigenvalue weighted by Crippen LogP contribution is 2.46. The van der Waals surface area contributed by atoms with Crippen LogP contribution in [-0.2, 0) is 4.79 Å². The van der Waals surface area contributed by atoms with E-state index in [9.17, 15) is 4.79 Å². The summed E-state index contributed by atoms with van der Waals surface area (Å²) in [6, 6.07) is 3.81. The lowest BCUT2D eigenvalue weighted by Gasteiger charge is -2.20. The molecule has 0 radical (unpaired) electrons. The maximum Gasteiger partial charge on any atom is 0.169 e. The number of carbonyl (C=O) groups excluding carboxylic acids is 1. The summed E-state index contributed by atoms with van der Waals surface area (Å²) in [6.45, 7) is 4.08. The molecule has 0 aliphatic heterocycles. The number of halogens is 1. The van der Waals surface area contributed by atoms with Crippen molar-refractivity contribution in [1.29, 1.82) is 10.5 Å². The van der Waals surface area contributed by atoms with Crippen LogP contribution in [0.25, 0.3) is 0 Å². The second-order valence-corrected chi connectivity index (χ2v) is 5.75. The van der Waals surface area contributed by atoms with E-state index in [1.807, 2.05) is 41.7 Å². The standard InChI is InChI=1S/C15H17IN2O/c1-3-4-5-6-15(2)7-12(11(9-17)10-18)13(8-16)14(15)19/h8H,3-7H2,1-2H3/b13-8-. The Balaban J connectivity index is 3.11. The number of ketones is 1. The van der Waals surface area contributed by atoms with Crippen LogP contribution in [0.4, 0.5) is 0 Å². The van der Waals surface area contributed by atoms with Crippen LogP contribution in [0.2, 0.25) is 0 Å². The molecule has 100 valence electrons. The molecule has 0 spiro atoms. The normalized spacial score (nSPS) is 24.4. The topological polar surface area (TPSA) is 64.7 Å². The van der Waals surface area contributed by atoms with Crippen LogP contribution < -0.4 is 0 Å². The summed E-state index contributed by atoms with van der Waals surface area (Å²) in [5.74, 6) is 0.0796. The highest BCUT2D eigenvalue weighted by atomic mass is 127. The van der Waals surface area contributed by atoms with Crippen molar-refractivity contribution < 1.29 is 4.79 Å². The summed E-state index contributed by atoms with van der Waals surface area (Å²) < 4.78 is 1.70. The summed E-state index contributed by atoms with van der Waals surface area (Å²) >= 11 is 2.01. The van der Waals surface area contributed by atoms with Crippen LogP contribution in [0, 0.1) is 28.1 Å². The molecule has 1 saturated carbocycles. The first kappa shape index (κ1) is 15.9. The van der Waals surface area contributed by atoms with Crippen molar-refractivity contribution in [3.63, 3.8) is 0 Å². The fraction of sp³-hybridized carbons (Fsp3) is 0.533. The summed E-state index contributed by atoms with van der Waals surface area (Å²) in [6.07, 6.45) is 4.56. The van der Waals surface area contributed by atoms with Gasteiger partial charge in [-0.2, -0.15) is 10.5 Å². The first-order valence-corrected chi connectivity index (χ1v) is 7.67. The quantitative estimate of drug-likeness (QED) is 0.323. The summed E-state index contributed by atoms with van der Waals surface area (Å²) in [4.78, 5) is 12.5. The van der Waals surface area contributed by atoms with Gasteiger partial charge in [0.25, 0.3) is 0 Å². The average molecular weight is 368 g/mol. The van der Waals surface area contributed by atoms with Crippen molar-refractivity contribution in [2.24, 2.45) is 5.41 Å². The molecule has 1 aliphatic rings. The first-order chi connectivity index (χ1) is 9.03. The molecular weight excluding hydrogens is 351 g/mol. The fourth-order valence-corrected chi connectivity index (χ4v) is 3.15. The highest BCUT2D eigenvalue weighted by molar-refractivity contribution is 14.1. The van der Waals surface area contributed by atoms with E-state index in [1.54, 1.807) is 4.08 Å². The van der Waals surface area contributed by atoms with Crippen molar-refractivity contribution in [2.75, 3.05) is 0 Å². The molecule has 1 unspecified atom stereocenters. The Kier molecular flexibility index (Phi) is 5.75. The third-order valence-corrected chi connectivity index (χ3v) is 4.27. The molecule has 0 amide bonds. The van der Waals surface area contributed by atoms with Crippen LogP contribution in [0.15, 0.2) is 20.8 Å². The van der Waals surface area contributed by atoms with E-state index in [0.29, 0.717) is 17.6 Å². The molecular formula is C15H17IN2O. The zero-order chi connectivity index (χ0) is 14.5. The molecule has 0 aromatic rings. The Labute approximate surface area is 128 Å². The fourth-order valence-electron chi connectivity index (χ4n) is 2.49. The van der Waals surface area contributed by atoms with E-state index in [2.05, 4.69) is 6.92 Å². The second kappa shape index (κ2) is 6.86. The second-order valence-electron chi connectivity index (χ2n) is 5.12. The highest BCUT2D eigenvalue weighted by Gasteiger charge is 2.44. The molecule has 1 rings (SSSR count). The van der Waals surface area contributed by atoms with Gasteiger partial charge >= 0.3 is 0 Å². The molecule has 3 nitrogen and oxygen atoms in total. The number of hydrogen-bond donors (Lipinski definition) is 0. The minimum Gasteiger partial charge on any atom is -0.294 e. The summed E-state index contributed by atoms with van der Waals surface area (Å²) in [7, 11) is 0. The van der Waals surface area contributed by atoms with E-state index < -0.39 is 5.41 Å². The Morgan fingerprint density at radius 3 is 2.53 bits per heavy atom. The molecule has 0 N–H and O–H groups in total. The van der Waals surface area contributed by atoms with Gasteiger partial charge in [0, 0.05) is 11.0 Å². The van der Waals surface area contributed by atoms with Gasteiger partial charge in [-0.05, 0) is 22.5 Å². The number of rotatable bonds is 4. The molecule has 4 heteroatoms. The van der Waals surface area contributed by atoms with Gasteiger partial charge in [0.1, 0.15) is 17.7 Å². The minimum absolute atomic E-state index is 0.0792. The Hall–Kier alpha value is -1.14. The third kappa shape index (κ3) is 3.25. The smallest absolute Gasteiger partial charge is 0.169 e. The lowest BCUT2D eigenvalue weighted by molar-refractivity contribution is -0.122. The van der Waals surface area contributed by atoms with Gasteiger partial charge in [-0.3, -0.25) is 4.79 Å². The van der Waals surface area contributed by atoms with Crippen molar-refractivity contribution in [3.05, 3.63) is 20.8 Å². The molecule has 0 heterocycles. The van der Waals surface area contributed by atoms with Crippen molar-refractivity contribution in [2.45, 2.75) is 46.0 Å². The van der Waals surface area contributed by atoms with Gasteiger partial charge in [-0.15, -0.1) is 0 Å². The van der Waals surface area contributed by atoms with Gasteiger partial charge in [0.05, 0.1) is 0 Å². The zero-order valence-corrected chi connectivity index (χ0v) is 13.5. The van der Waals surface area contributed by atoms with Gasteiger partial charge in [-0.25, -0.2) is 0 Å². The van der Waals surface area contributed by atoms with Crippen LogP contribution in [0.1, 0.15) is 46.0 Å². The number of unbranched alkanes of at least 4 members (excludes halogenated alkanes) is 2. The maximum atomic E-state index is 12.5. The molecule has 0 saturated heterocycles. The number of carbonyl (C=O) groups is 1. The lowest BCUT2D eigenvalue weighted by atomic mass is 9.81. The van der Waals surface area contributed by atoms with Crippen LogP contribution in [-0.4, -0.2) is 5.78 Å². The molecule has 1 atom stereocenters. The maximum absolute atomic E-state index is 12.5. The van der Waals surface area contributed by atoms with Crippen molar-refractivity contribution >= 4 is 28.4 Å². The van der Waals surface area contributed by atoms with Crippen molar-refractivity contribution in [1.82, 2.24) is 0 Å². The summed E-state index contributed by atoms with van der Waals surface area (Å²) in [5.41, 5.74) is 0.817. The van der Waals surface area contributed by atoms with Crippen LogP contribution in [0.5, 0.6) is 0 Å². The van der Waals surface area contributed by atoms with E-state index >= 15 is 0 Å².